The van der Waals surface area contributed by atoms with E-state index in [1.54, 1.807) is 6.92 Å². The van der Waals surface area contributed by atoms with Gasteiger partial charge in [0.05, 0.1) is 11.3 Å². The van der Waals surface area contributed by atoms with Crippen molar-refractivity contribution < 1.29 is 17.6 Å². The first-order valence-electron chi connectivity index (χ1n) is 4.16. The largest absolute Gasteiger partial charge is 0.417 e. The second-order valence-electron chi connectivity index (χ2n) is 2.90. The second kappa shape index (κ2) is 3.94. The zero-order chi connectivity index (χ0) is 10.8. The molecule has 0 aromatic carbocycles. The SMILES string of the molecule is CCCc1ncc(C(F)(F)F)cc1F. The third kappa shape index (κ3) is 2.43. The molecule has 78 valence electrons. The number of aromatic nitrogens is 1. The molecule has 0 spiro atoms. The first-order chi connectivity index (χ1) is 6.45. The van der Waals surface area contributed by atoms with Crippen molar-refractivity contribution in [2.75, 3.05) is 0 Å². The van der Waals surface area contributed by atoms with Crippen molar-refractivity contribution >= 4 is 0 Å². The molecular formula is C9H9F4N. The number of rotatable bonds is 2. The average Bonchev–Trinajstić information content (AvgIpc) is 2.07. The Morgan fingerprint density at radius 2 is 2.00 bits per heavy atom. The molecule has 1 aromatic rings. The molecule has 0 saturated carbocycles. The van der Waals surface area contributed by atoms with Gasteiger partial charge in [-0.15, -0.1) is 0 Å². The van der Waals surface area contributed by atoms with Gasteiger partial charge in [-0.3, -0.25) is 4.98 Å². The molecule has 1 heterocycles. The molecule has 0 amide bonds. The van der Waals surface area contributed by atoms with E-state index in [0.717, 1.165) is 0 Å². The summed E-state index contributed by atoms with van der Waals surface area (Å²) < 4.78 is 49.2. The molecule has 0 atom stereocenters. The summed E-state index contributed by atoms with van der Waals surface area (Å²) in [7, 11) is 0. The lowest BCUT2D eigenvalue weighted by Crippen LogP contribution is -2.07. The molecular weight excluding hydrogens is 198 g/mol. The summed E-state index contributed by atoms with van der Waals surface area (Å²) in [4.78, 5) is 3.44. The Kier molecular flexibility index (Phi) is 3.08. The van der Waals surface area contributed by atoms with Crippen molar-refractivity contribution in [1.82, 2.24) is 4.98 Å². The van der Waals surface area contributed by atoms with Crippen LogP contribution in [0.4, 0.5) is 17.6 Å². The number of nitrogens with zero attached hydrogens (tertiary/aromatic N) is 1. The fourth-order valence-electron chi connectivity index (χ4n) is 1.04. The van der Waals surface area contributed by atoms with E-state index >= 15 is 0 Å². The van der Waals surface area contributed by atoms with Gasteiger partial charge >= 0.3 is 6.18 Å². The third-order valence-electron chi connectivity index (χ3n) is 1.73. The van der Waals surface area contributed by atoms with Gasteiger partial charge in [0.2, 0.25) is 0 Å². The lowest BCUT2D eigenvalue weighted by atomic mass is 10.2. The van der Waals surface area contributed by atoms with Crippen molar-refractivity contribution in [3.63, 3.8) is 0 Å². The topological polar surface area (TPSA) is 12.9 Å². The van der Waals surface area contributed by atoms with E-state index in [1.165, 1.54) is 0 Å². The number of halogens is 4. The summed E-state index contributed by atoms with van der Waals surface area (Å²) in [5.41, 5.74) is -0.963. The van der Waals surface area contributed by atoms with Crippen LogP contribution in [0.3, 0.4) is 0 Å². The fourth-order valence-corrected chi connectivity index (χ4v) is 1.04. The minimum Gasteiger partial charge on any atom is -0.258 e. The summed E-state index contributed by atoms with van der Waals surface area (Å²) in [6, 6.07) is 0.484. The Labute approximate surface area is 78.8 Å². The van der Waals surface area contributed by atoms with Crippen LogP contribution in [0, 0.1) is 5.82 Å². The van der Waals surface area contributed by atoms with Crippen molar-refractivity contribution in [1.29, 1.82) is 0 Å². The highest BCUT2D eigenvalue weighted by atomic mass is 19.4. The molecule has 0 aliphatic heterocycles. The Morgan fingerprint density at radius 3 is 2.43 bits per heavy atom. The molecule has 1 aromatic heterocycles. The first kappa shape index (κ1) is 10.9. The molecule has 14 heavy (non-hydrogen) atoms. The van der Waals surface area contributed by atoms with E-state index in [4.69, 9.17) is 0 Å². The van der Waals surface area contributed by atoms with E-state index in [2.05, 4.69) is 4.98 Å². The third-order valence-corrected chi connectivity index (χ3v) is 1.73. The van der Waals surface area contributed by atoms with Crippen molar-refractivity contribution in [3.8, 4) is 0 Å². The highest BCUT2D eigenvalue weighted by molar-refractivity contribution is 5.18. The van der Waals surface area contributed by atoms with E-state index in [0.29, 0.717) is 25.1 Å². The Hall–Kier alpha value is -1.13. The molecule has 0 aliphatic rings. The van der Waals surface area contributed by atoms with Crippen LogP contribution in [-0.4, -0.2) is 4.98 Å². The standard InChI is InChI=1S/C9H9F4N/c1-2-3-8-7(10)4-6(5-14-8)9(11,12)13/h4-5H,2-3H2,1H3. The molecule has 0 aliphatic carbocycles. The summed E-state index contributed by atoms with van der Waals surface area (Å²) in [5.74, 6) is -0.887. The van der Waals surface area contributed by atoms with Gasteiger partial charge in [0.25, 0.3) is 0 Å². The number of hydrogen-bond donors (Lipinski definition) is 0. The average molecular weight is 207 g/mol. The normalized spacial score (nSPS) is 11.8. The monoisotopic (exact) mass is 207 g/mol. The lowest BCUT2D eigenvalue weighted by Gasteiger charge is -2.07. The molecule has 0 bridgehead atoms. The van der Waals surface area contributed by atoms with Gasteiger partial charge in [0.15, 0.2) is 0 Å². The van der Waals surface area contributed by atoms with E-state index in [1.807, 2.05) is 0 Å². The summed E-state index contributed by atoms with van der Waals surface area (Å²) >= 11 is 0. The van der Waals surface area contributed by atoms with Crippen LogP contribution in [0.2, 0.25) is 0 Å². The fraction of sp³-hybridized carbons (Fsp3) is 0.444. The van der Waals surface area contributed by atoms with Crippen molar-refractivity contribution in [2.24, 2.45) is 0 Å². The molecule has 0 saturated heterocycles. The van der Waals surface area contributed by atoms with Crippen LogP contribution >= 0.6 is 0 Å². The van der Waals surface area contributed by atoms with Crippen LogP contribution in [0.5, 0.6) is 0 Å². The minimum atomic E-state index is -4.53. The molecule has 0 radical (unpaired) electrons. The maximum Gasteiger partial charge on any atom is 0.417 e. The Morgan fingerprint density at radius 1 is 1.36 bits per heavy atom. The van der Waals surface area contributed by atoms with Crippen LogP contribution in [-0.2, 0) is 12.6 Å². The van der Waals surface area contributed by atoms with Gasteiger partial charge in [-0.25, -0.2) is 4.39 Å². The highest BCUT2D eigenvalue weighted by Crippen LogP contribution is 2.29. The van der Waals surface area contributed by atoms with Gasteiger partial charge < -0.3 is 0 Å². The first-order valence-corrected chi connectivity index (χ1v) is 4.16. The molecule has 0 fully saturated rings. The molecule has 1 nitrogen and oxygen atoms in total. The van der Waals surface area contributed by atoms with E-state index in [9.17, 15) is 17.6 Å². The van der Waals surface area contributed by atoms with Crippen molar-refractivity contribution in [2.45, 2.75) is 25.9 Å². The predicted octanol–water partition coefficient (Wildman–Crippen LogP) is 3.19. The van der Waals surface area contributed by atoms with E-state index < -0.39 is 17.6 Å². The van der Waals surface area contributed by atoms with Gasteiger partial charge in [-0.2, -0.15) is 13.2 Å². The zero-order valence-corrected chi connectivity index (χ0v) is 7.53. The predicted molar refractivity (Wildman–Crippen MR) is 43.2 cm³/mol. The van der Waals surface area contributed by atoms with Crippen LogP contribution in [0.25, 0.3) is 0 Å². The maximum absolute atomic E-state index is 13.0. The lowest BCUT2D eigenvalue weighted by molar-refractivity contribution is -0.138. The number of alkyl halides is 3. The Balaban J connectivity index is 3.01. The molecule has 1 rings (SSSR count). The van der Waals surface area contributed by atoms with Gasteiger partial charge in [0.1, 0.15) is 5.82 Å². The Bertz CT molecular complexity index is 319. The second-order valence-corrected chi connectivity index (χ2v) is 2.90. The molecule has 0 N–H and O–H groups in total. The smallest absolute Gasteiger partial charge is 0.258 e. The summed E-state index contributed by atoms with van der Waals surface area (Å²) in [6.45, 7) is 1.80. The minimum absolute atomic E-state index is 0.0838. The van der Waals surface area contributed by atoms with Crippen molar-refractivity contribution in [3.05, 3.63) is 29.3 Å². The quantitative estimate of drug-likeness (QED) is 0.678. The number of hydrogen-bond acceptors (Lipinski definition) is 1. The van der Waals surface area contributed by atoms with Gasteiger partial charge in [-0.1, -0.05) is 13.3 Å². The number of aryl methyl sites for hydroxylation is 1. The summed E-state index contributed by atoms with van der Waals surface area (Å²) in [5, 5.41) is 0. The van der Waals surface area contributed by atoms with Gasteiger partial charge in [0, 0.05) is 6.20 Å². The molecule has 0 unspecified atom stereocenters. The van der Waals surface area contributed by atoms with Crippen LogP contribution < -0.4 is 0 Å². The van der Waals surface area contributed by atoms with Crippen LogP contribution in [0.15, 0.2) is 12.3 Å². The highest BCUT2D eigenvalue weighted by Gasteiger charge is 2.31. The summed E-state index contributed by atoms with van der Waals surface area (Å²) in [6.07, 6.45) is -2.87. The van der Waals surface area contributed by atoms with E-state index in [-0.39, 0.29) is 5.69 Å². The molecule has 5 heteroatoms. The maximum atomic E-state index is 13.0. The zero-order valence-electron chi connectivity index (χ0n) is 7.53. The van der Waals surface area contributed by atoms with Crippen LogP contribution in [0.1, 0.15) is 24.6 Å². The van der Waals surface area contributed by atoms with Gasteiger partial charge in [-0.05, 0) is 12.5 Å². The number of pyridine rings is 1.